The Morgan fingerprint density at radius 1 is 1.28 bits per heavy atom. The standard InChI is InChI=1S/C12H19BrN2O2S/c1-12(2,3)14-18(16,17)15(4)9-10-7-5-6-8-11(10)13/h5-8,14H,9H2,1-4H3. The molecule has 0 aromatic heterocycles. The summed E-state index contributed by atoms with van der Waals surface area (Å²) in [6.07, 6.45) is 0. The van der Waals surface area contributed by atoms with Gasteiger partial charge in [0, 0.05) is 23.6 Å². The molecule has 0 amide bonds. The zero-order chi connectivity index (χ0) is 14.0. The zero-order valence-corrected chi connectivity index (χ0v) is 13.5. The van der Waals surface area contributed by atoms with Crippen LogP contribution in [0, 0.1) is 0 Å². The lowest BCUT2D eigenvalue weighted by atomic mass is 10.1. The second kappa shape index (κ2) is 5.69. The van der Waals surface area contributed by atoms with E-state index in [1.807, 2.05) is 45.0 Å². The van der Waals surface area contributed by atoms with Crippen molar-refractivity contribution in [2.75, 3.05) is 7.05 Å². The van der Waals surface area contributed by atoms with Crippen molar-refractivity contribution in [2.24, 2.45) is 0 Å². The summed E-state index contributed by atoms with van der Waals surface area (Å²) >= 11 is 3.41. The average molecular weight is 335 g/mol. The topological polar surface area (TPSA) is 49.4 Å². The van der Waals surface area contributed by atoms with E-state index in [2.05, 4.69) is 20.7 Å². The van der Waals surface area contributed by atoms with Gasteiger partial charge in [-0.25, -0.2) is 0 Å². The third-order valence-electron chi connectivity index (χ3n) is 2.20. The molecule has 0 aliphatic heterocycles. The Kier molecular flexibility index (Phi) is 4.94. The van der Waals surface area contributed by atoms with Crippen LogP contribution >= 0.6 is 15.9 Å². The van der Waals surface area contributed by atoms with Crippen LogP contribution in [0.4, 0.5) is 0 Å². The summed E-state index contributed by atoms with van der Waals surface area (Å²) in [5, 5.41) is 0. The first kappa shape index (κ1) is 15.6. The maximum atomic E-state index is 12.1. The van der Waals surface area contributed by atoms with Crippen LogP contribution in [-0.4, -0.2) is 25.3 Å². The van der Waals surface area contributed by atoms with E-state index in [0.717, 1.165) is 10.0 Å². The van der Waals surface area contributed by atoms with Crippen LogP contribution in [0.15, 0.2) is 28.7 Å². The van der Waals surface area contributed by atoms with E-state index in [1.54, 1.807) is 7.05 Å². The highest BCUT2D eigenvalue weighted by Gasteiger charge is 2.24. The first-order chi connectivity index (χ1) is 8.12. The summed E-state index contributed by atoms with van der Waals surface area (Å²) in [5.41, 5.74) is 0.445. The molecule has 1 N–H and O–H groups in total. The van der Waals surface area contributed by atoms with Crippen LogP contribution in [0.5, 0.6) is 0 Å². The van der Waals surface area contributed by atoms with Crippen LogP contribution in [0.3, 0.4) is 0 Å². The van der Waals surface area contributed by atoms with Crippen molar-refractivity contribution in [3.8, 4) is 0 Å². The third kappa shape index (κ3) is 4.68. The molecular formula is C12H19BrN2O2S. The molecule has 102 valence electrons. The van der Waals surface area contributed by atoms with Gasteiger partial charge >= 0.3 is 0 Å². The fourth-order valence-electron chi connectivity index (χ4n) is 1.42. The number of hydrogen-bond donors (Lipinski definition) is 1. The van der Waals surface area contributed by atoms with Crippen molar-refractivity contribution >= 4 is 26.1 Å². The molecule has 1 aromatic rings. The molecule has 0 heterocycles. The smallest absolute Gasteiger partial charge is 0.197 e. The zero-order valence-electron chi connectivity index (χ0n) is 11.1. The number of benzene rings is 1. The van der Waals surface area contributed by atoms with Gasteiger partial charge in [-0.3, -0.25) is 0 Å². The highest BCUT2D eigenvalue weighted by molar-refractivity contribution is 9.10. The summed E-state index contributed by atoms with van der Waals surface area (Å²) < 4.78 is 28.9. The predicted octanol–water partition coefficient (Wildman–Crippen LogP) is 2.51. The van der Waals surface area contributed by atoms with Crippen molar-refractivity contribution in [3.05, 3.63) is 34.3 Å². The second-order valence-electron chi connectivity index (χ2n) is 5.20. The van der Waals surface area contributed by atoms with Crippen molar-refractivity contribution in [2.45, 2.75) is 32.9 Å². The van der Waals surface area contributed by atoms with Gasteiger partial charge in [-0.2, -0.15) is 17.4 Å². The fraction of sp³-hybridized carbons (Fsp3) is 0.500. The molecule has 1 rings (SSSR count). The van der Waals surface area contributed by atoms with Gasteiger partial charge in [-0.1, -0.05) is 34.1 Å². The molecule has 1 aromatic carbocycles. The molecule has 0 fully saturated rings. The van der Waals surface area contributed by atoms with Gasteiger partial charge < -0.3 is 0 Å². The highest BCUT2D eigenvalue weighted by atomic mass is 79.9. The molecule has 0 unspecified atom stereocenters. The molecule has 0 saturated carbocycles. The van der Waals surface area contributed by atoms with Gasteiger partial charge in [-0.05, 0) is 32.4 Å². The number of halogens is 1. The normalized spacial score (nSPS) is 13.0. The molecule has 0 aliphatic rings. The minimum Gasteiger partial charge on any atom is -0.197 e. The Hall–Kier alpha value is -0.430. The molecule has 18 heavy (non-hydrogen) atoms. The lowest BCUT2D eigenvalue weighted by Gasteiger charge is -2.25. The first-order valence-electron chi connectivity index (χ1n) is 5.60. The Morgan fingerprint density at radius 3 is 2.33 bits per heavy atom. The average Bonchev–Trinajstić information content (AvgIpc) is 2.17. The van der Waals surface area contributed by atoms with E-state index < -0.39 is 15.7 Å². The quantitative estimate of drug-likeness (QED) is 0.919. The van der Waals surface area contributed by atoms with Gasteiger partial charge in [0.05, 0.1) is 0 Å². The van der Waals surface area contributed by atoms with E-state index in [-0.39, 0.29) is 0 Å². The van der Waals surface area contributed by atoms with Gasteiger partial charge in [0.15, 0.2) is 0 Å². The summed E-state index contributed by atoms with van der Waals surface area (Å²) in [6, 6.07) is 7.58. The van der Waals surface area contributed by atoms with Crippen LogP contribution in [0.25, 0.3) is 0 Å². The summed E-state index contributed by atoms with van der Waals surface area (Å²) in [6.45, 7) is 5.78. The SMILES string of the molecule is CN(Cc1ccccc1Br)S(=O)(=O)NC(C)(C)C. The fourth-order valence-corrected chi connectivity index (χ4v) is 3.07. The maximum Gasteiger partial charge on any atom is 0.279 e. The number of rotatable bonds is 4. The Morgan fingerprint density at radius 2 is 1.83 bits per heavy atom. The Labute approximate surface area is 118 Å². The molecule has 4 nitrogen and oxygen atoms in total. The molecular weight excluding hydrogens is 316 g/mol. The molecule has 0 atom stereocenters. The number of hydrogen-bond acceptors (Lipinski definition) is 2. The van der Waals surface area contributed by atoms with E-state index in [1.165, 1.54) is 4.31 Å². The first-order valence-corrected chi connectivity index (χ1v) is 7.84. The van der Waals surface area contributed by atoms with Crippen LogP contribution < -0.4 is 4.72 Å². The van der Waals surface area contributed by atoms with Crippen LogP contribution in [0.2, 0.25) is 0 Å². The molecule has 0 bridgehead atoms. The van der Waals surface area contributed by atoms with Gasteiger partial charge in [0.1, 0.15) is 0 Å². The number of nitrogens with zero attached hydrogens (tertiary/aromatic N) is 1. The molecule has 0 spiro atoms. The monoisotopic (exact) mass is 334 g/mol. The predicted molar refractivity (Wildman–Crippen MR) is 77.4 cm³/mol. The van der Waals surface area contributed by atoms with Gasteiger partial charge in [0.2, 0.25) is 0 Å². The summed E-state index contributed by atoms with van der Waals surface area (Å²) in [5.74, 6) is 0. The van der Waals surface area contributed by atoms with Crippen molar-refractivity contribution in [1.82, 2.24) is 9.03 Å². The van der Waals surface area contributed by atoms with Gasteiger partial charge in [0.25, 0.3) is 10.2 Å². The maximum absolute atomic E-state index is 12.1. The summed E-state index contributed by atoms with van der Waals surface area (Å²) in [7, 11) is -1.91. The summed E-state index contributed by atoms with van der Waals surface area (Å²) in [4.78, 5) is 0. The van der Waals surface area contributed by atoms with Crippen molar-refractivity contribution in [1.29, 1.82) is 0 Å². The minimum absolute atomic E-state index is 0.326. The lowest BCUT2D eigenvalue weighted by Crippen LogP contribution is -2.47. The molecule has 0 saturated heterocycles. The molecule has 0 aliphatic carbocycles. The third-order valence-corrected chi connectivity index (χ3v) is 4.79. The lowest BCUT2D eigenvalue weighted by molar-refractivity contribution is 0.420. The van der Waals surface area contributed by atoms with E-state index >= 15 is 0 Å². The number of nitrogens with one attached hydrogen (secondary N) is 1. The highest BCUT2D eigenvalue weighted by Crippen LogP contribution is 2.18. The van der Waals surface area contributed by atoms with E-state index in [0.29, 0.717) is 6.54 Å². The second-order valence-corrected chi connectivity index (χ2v) is 7.84. The van der Waals surface area contributed by atoms with E-state index in [4.69, 9.17) is 0 Å². The van der Waals surface area contributed by atoms with Crippen LogP contribution in [-0.2, 0) is 16.8 Å². The minimum atomic E-state index is -3.47. The van der Waals surface area contributed by atoms with Crippen molar-refractivity contribution < 1.29 is 8.42 Å². The Bertz CT molecular complexity index is 509. The van der Waals surface area contributed by atoms with Gasteiger partial charge in [-0.15, -0.1) is 0 Å². The van der Waals surface area contributed by atoms with Crippen molar-refractivity contribution in [3.63, 3.8) is 0 Å². The Balaban J connectivity index is 2.83. The molecule has 0 radical (unpaired) electrons. The van der Waals surface area contributed by atoms with E-state index in [9.17, 15) is 8.42 Å². The molecule has 6 heteroatoms. The van der Waals surface area contributed by atoms with Crippen LogP contribution in [0.1, 0.15) is 26.3 Å². The largest absolute Gasteiger partial charge is 0.279 e.